The van der Waals surface area contributed by atoms with Gasteiger partial charge in [-0.05, 0) is 0 Å². The van der Waals surface area contributed by atoms with Crippen molar-refractivity contribution in [1.29, 1.82) is 0 Å². The number of hydrogen-bond acceptors (Lipinski definition) is 5. The molecule has 0 saturated carbocycles. The summed E-state index contributed by atoms with van der Waals surface area (Å²) in [5.41, 5.74) is 7.15. The summed E-state index contributed by atoms with van der Waals surface area (Å²) in [6.07, 6.45) is 1.50. The van der Waals surface area contributed by atoms with Crippen LogP contribution in [0.25, 0.3) is 11.4 Å². The van der Waals surface area contributed by atoms with Crippen LogP contribution < -0.4 is 5.73 Å². The number of hydrogen-bond donors (Lipinski definition) is 1. The monoisotopic (exact) mass is 284 g/mol. The highest BCUT2D eigenvalue weighted by atomic mass is 16.5. The van der Waals surface area contributed by atoms with Crippen molar-refractivity contribution in [2.45, 2.75) is 0 Å². The van der Waals surface area contributed by atoms with Crippen LogP contribution in [0.1, 0.15) is 10.4 Å². The Morgan fingerprint density at radius 2 is 1.90 bits per heavy atom. The number of morpholine rings is 1. The van der Waals surface area contributed by atoms with Crippen LogP contribution in [0.15, 0.2) is 36.5 Å². The molecular weight excluding hydrogens is 268 g/mol. The highest BCUT2D eigenvalue weighted by molar-refractivity contribution is 5.98. The Morgan fingerprint density at radius 1 is 1.19 bits per heavy atom. The third-order valence-corrected chi connectivity index (χ3v) is 3.38. The highest BCUT2D eigenvalue weighted by Gasteiger charge is 2.21. The number of carbonyl (C=O) groups is 1. The van der Waals surface area contributed by atoms with Gasteiger partial charge in [-0.3, -0.25) is 4.79 Å². The minimum absolute atomic E-state index is 0.143. The summed E-state index contributed by atoms with van der Waals surface area (Å²) in [5.74, 6) is 0.586. The molecule has 1 aliphatic rings. The number of nitrogens with two attached hydrogens (primary N) is 1. The van der Waals surface area contributed by atoms with Crippen LogP contribution in [-0.4, -0.2) is 47.1 Å². The molecule has 21 heavy (non-hydrogen) atoms. The van der Waals surface area contributed by atoms with Gasteiger partial charge < -0.3 is 15.4 Å². The zero-order chi connectivity index (χ0) is 14.7. The summed E-state index contributed by atoms with van der Waals surface area (Å²) >= 11 is 0. The van der Waals surface area contributed by atoms with Gasteiger partial charge >= 0.3 is 0 Å². The lowest BCUT2D eigenvalue weighted by atomic mass is 10.2. The summed E-state index contributed by atoms with van der Waals surface area (Å²) < 4.78 is 5.24. The molecule has 1 aromatic heterocycles. The average Bonchev–Trinajstić information content (AvgIpc) is 2.56. The summed E-state index contributed by atoms with van der Waals surface area (Å²) in [4.78, 5) is 22.6. The Balaban J connectivity index is 1.86. The molecule has 0 bridgehead atoms. The van der Waals surface area contributed by atoms with Gasteiger partial charge in [-0.25, -0.2) is 9.97 Å². The van der Waals surface area contributed by atoms with Crippen molar-refractivity contribution < 1.29 is 9.53 Å². The van der Waals surface area contributed by atoms with Crippen molar-refractivity contribution in [2.24, 2.45) is 0 Å². The van der Waals surface area contributed by atoms with Crippen LogP contribution in [0, 0.1) is 0 Å². The Bertz CT molecular complexity index is 639. The standard InChI is InChI=1S/C15H16N4O2/c16-13-12(15(20)19-6-8-21-9-7-19)10-17-14(18-13)11-4-2-1-3-5-11/h1-5,10H,6-9H2,(H2,16,17,18). The maximum absolute atomic E-state index is 12.4. The topological polar surface area (TPSA) is 81.3 Å². The van der Waals surface area contributed by atoms with E-state index in [4.69, 9.17) is 10.5 Å². The van der Waals surface area contributed by atoms with Gasteiger partial charge in [0.2, 0.25) is 0 Å². The van der Waals surface area contributed by atoms with E-state index in [9.17, 15) is 4.79 Å². The second-order valence-corrected chi connectivity index (χ2v) is 4.76. The molecule has 6 nitrogen and oxygen atoms in total. The predicted molar refractivity (Wildman–Crippen MR) is 78.6 cm³/mol. The van der Waals surface area contributed by atoms with E-state index in [1.807, 2.05) is 30.3 Å². The summed E-state index contributed by atoms with van der Waals surface area (Å²) in [5, 5.41) is 0. The molecule has 0 radical (unpaired) electrons. The Labute approximate surface area is 122 Å². The molecule has 1 fully saturated rings. The molecule has 1 saturated heterocycles. The molecule has 0 spiro atoms. The molecule has 2 aromatic rings. The highest BCUT2D eigenvalue weighted by Crippen LogP contribution is 2.18. The van der Waals surface area contributed by atoms with Crippen molar-refractivity contribution in [1.82, 2.24) is 14.9 Å². The number of rotatable bonds is 2. The fourth-order valence-corrected chi connectivity index (χ4v) is 2.22. The quantitative estimate of drug-likeness (QED) is 0.896. The Kier molecular flexibility index (Phi) is 3.79. The molecule has 1 aromatic carbocycles. The molecule has 0 unspecified atom stereocenters. The Morgan fingerprint density at radius 3 is 2.57 bits per heavy atom. The first-order valence-electron chi connectivity index (χ1n) is 6.80. The van der Waals surface area contributed by atoms with E-state index in [0.29, 0.717) is 37.7 Å². The number of anilines is 1. The van der Waals surface area contributed by atoms with E-state index in [1.54, 1.807) is 4.90 Å². The largest absolute Gasteiger partial charge is 0.383 e. The summed E-state index contributed by atoms with van der Waals surface area (Å²) in [6, 6.07) is 9.53. The van der Waals surface area contributed by atoms with Crippen molar-refractivity contribution in [3.05, 3.63) is 42.1 Å². The van der Waals surface area contributed by atoms with E-state index in [2.05, 4.69) is 9.97 Å². The normalized spacial score (nSPS) is 15.0. The van der Waals surface area contributed by atoms with Crippen LogP contribution in [0.3, 0.4) is 0 Å². The maximum atomic E-state index is 12.4. The lowest BCUT2D eigenvalue weighted by molar-refractivity contribution is 0.0303. The number of aromatic nitrogens is 2. The SMILES string of the molecule is Nc1nc(-c2ccccc2)ncc1C(=O)N1CCOCC1. The smallest absolute Gasteiger partial charge is 0.259 e. The van der Waals surface area contributed by atoms with Gasteiger partial charge in [0.15, 0.2) is 5.82 Å². The Hall–Kier alpha value is -2.47. The maximum Gasteiger partial charge on any atom is 0.259 e. The molecule has 3 rings (SSSR count). The molecule has 0 aliphatic carbocycles. The van der Waals surface area contributed by atoms with Crippen molar-refractivity contribution in [3.8, 4) is 11.4 Å². The molecule has 0 atom stereocenters. The molecule has 6 heteroatoms. The molecule has 1 aliphatic heterocycles. The fourth-order valence-electron chi connectivity index (χ4n) is 2.22. The van der Waals surface area contributed by atoms with E-state index < -0.39 is 0 Å². The van der Waals surface area contributed by atoms with Crippen LogP contribution >= 0.6 is 0 Å². The number of amides is 1. The van der Waals surface area contributed by atoms with Gasteiger partial charge in [-0.1, -0.05) is 30.3 Å². The lowest BCUT2D eigenvalue weighted by Gasteiger charge is -2.27. The number of carbonyl (C=O) groups excluding carboxylic acids is 1. The van der Waals surface area contributed by atoms with Gasteiger partial charge in [0.25, 0.3) is 5.91 Å². The first-order valence-corrected chi connectivity index (χ1v) is 6.80. The van der Waals surface area contributed by atoms with Crippen LogP contribution in [0.5, 0.6) is 0 Å². The third kappa shape index (κ3) is 2.85. The summed E-state index contributed by atoms with van der Waals surface area (Å²) in [6.45, 7) is 2.24. The van der Waals surface area contributed by atoms with Gasteiger partial charge in [0.05, 0.1) is 13.2 Å². The van der Waals surface area contributed by atoms with Crippen molar-refractivity contribution >= 4 is 11.7 Å². The van der Waals surface area contributed by atoms with Crippen LogP contribution in [0.4, 0.5) is 5.82 Å². The predicted octanol–water partition coefficient (Wildman–Crippen LogP) is 1.20. The summed E-state index contributed by atoms with van der Waals surface area (Å²) in [7, 11) is 0. The second-order valence-electron chi connectivity index (χ2n) is 4.76. The van der Waals surface area contributed by atoms with E-state index in [1.165, 1.54) is 6.20 Å². The third-order valence-electron chi connectivity index (χ3n) is 3.38. The zero-order valence-corrected chi connectivity index (χ0v) is 11.5. The van der Waals surface area contributed by atoms with Crippen LogP contribution in [-0.2, 0) is 4.74 Å². The van der Waals surface area contributed by atoms with E-state index >= 15 is 0 Å². The number of benzene rings is 1. The molecule has 2 N–H and O–H groups in total. The van der Waals surface area contributed by atoms with Gasteiger partial charge in [0.1, 0.15) is 11.4 Å². The fraction of sp³-hybridized carbons (Fsp3) is 0.267. The molecular formula is C15H16N4O2. The lowest BCUT2D eigenvalue weighted by Crippen LogP contribution is -2.41. The minimum atomic E-state index is -0.143. The first-order chi connectivity index (χ1) is 10.3. The van der Waals surface area contributed by atoms with Crippen molar-refractivity contribution in [2.75, 3.05) is 32.0 Å². The van der Waals surface area contributed by atoms with Gasteiger partial charge in [0, 0.05) is 24.8 Å². The zero-order valence-electron chi connectivity index (χ0n) is 11.5. The van der Waals surface area contributed by atoms with Crippen molar-refractivity contribution in [3.63, 3.8) is 0 Å². The second kappa shape index (κ2) is 5.88. The number of nitrogen functional groups attached to an aromatic ring is 1. The van der Waals surface area contributed by atoms with Gasteiger partial charge in [-0.2, -0.15) is 0 Å². The first kappa shape index (κ1) is 13.5. The van der Waals surface area contributed by atoms with E-state index in [0.717, 1.165) is 5.56 Å². The van der Waals surface area contributed by atoms with Gasteiger partial charge in [-0.15, -0.1) is 0 Å². The number of ether oxygens (including phenoxy) is 1. The average molecular weight is 284 g/mol. The molecule has 1 amide bonds. The van der Waals surface area contributed by atoms with Crippen LogP contribution in [0.2, 0.25) is 0 Å². The minimum Gasteiger partial charge on any atom is -0.383 e. The van der Waals surface area contributed by atoms with E-state index in [-0.39, 0.29) is 11.7 Å². The molecule has 108 valence electrons. The molecule has 2 heterocycles. The number of nitrogens with zero attached hydrogens (tertiary/aromatic N) is 3.